The molecule has 1 N–H and O–H groups in total. The molecule has 1 amide bonds. The zero-order chi connectivity index (χ0) is 15.7. The molecule has 0 saturated carbocycles. The van der Waals surface area contributed by atoms with E-state index in [0.29, 0.717) is 16.5 Å². The van der Waals surface area contributed by atoms with Crippen molar-refractivity contribution in [2.45, 2.75) is 13.0 Å². The number of carbonyl (C=O) groups excluding carboxylic acids is 1. The molecule has 0 spiro atoms. The summed E-state index contributed by atoms with van der Waals surface area (Å²) in [5, 5.41) is 7.93. The lowest BCUT2D eigenvalue weighted by molar-refractivity contribution is 0.0930. The Labute approximate surface area is 126 Å². The highest BCUT2D eigenvalue weighted by Crippen LogP contribution is 2.16. The lowest BCUT2D eigenvalue weighted by Crippen LogP contribution is -2.31. The molecule has 6 nitrogen and oxygen atoms in total. The Morgan fingerprint density at radius 1 is 1.23 bits per heavy atom. The Bertz CT molecular complexity index is 881. The summed E-state index contributed by atoms with van der Waals surface area (Å²) >= 11 is 0. The molecule has 1 atom stereocenters. The van der Waals surface area contributed by atoms with Gasteiger partial charge in [0.2, 0.25) is 0 Å². The van der Waals surface area contributed by atoms with E-state index in [1.54, 1.807) is 42.7 Å². The number of benzene rings is 1. The Kier molecular flexibility index (Phi) is 3.50. The first-order valence-corrected chi connectivity index (χ1v) is 6.88. The maximum absolute atomic E-state index is 12.5. The molecule has 0 radical (unpaired) electrons. The standard InChI is InChI=1S/C16H15N3O3/c1-10(13-8-5-9-22-13)17-15(20)14-11-6-3-4-7-12(11)16(21)19(2)18-14/h3-10H,1-2H3,(H,17,20)/t10-/m1/s1. The van der Waals surface area contributed by atoms with Gasteiger partial charge in [0.15, 0.2) is 5.69 Å². The van der Waals surface area contributed by atoms with E-state index in [1.165, 1.54) is 11.7 Å². The SMILES string of the molecule is C[C@@H](NC(=O)c1nn(C)c(=O)c2ccccc12)c1ccco1. The van der Waals surface area contributed by atoms with Gasteiger partial charge in [-0.3, -0.25) is 9.59 Å². The van der Waals surface area contributed by atoms with E-state index in [0.717, 1.165) is 0 Å². The summed E-state index contributed by atoms with van der Waals surface area (Å²) in [5.74, 6) is 0.304. The van der Waals surface area contributed by atoms with Crippen LogP contribution in [-0.2, 0) is 7.05 Å². The molecule has 0 aliphatic carbocycles. The lowest BCUT2D eigenvalue weighted by atomic mass is 10.1. The molecule has 3 aromatic rings. The molecule has 0 saturated heterocycles. The first kappa shape index (κ1) is 14.1. The Hall–Kier alpha value is -2.89. The fourth-order valence-electron chi connectivity index (χ4n) is 2.34. The van der Waals surface area contributed by atoms with Crippen LogP contribution in [0.15, 0.2) is 51.9 Å². The summed E-state index contributed by atoms with van der Waals surface area (Å²) < 4.78 is 6.45. The third-order valence-corrected chi connectivity index (χ3v) is 3.49. The topological polar surface area (TPSA) is 77.1 Å². The number of aromatic nitrogens is 2. The Morgan fingerprint density at radius 2 is 1.95 bits per heavy atom. The molecule has 0 aliphatic rings. The molecule has 0 bridgehead atoms. The maximum atomic E-state index is 12.5. The van der Waals surface area contributed by atoms with E-state index in [9.17, 15) is 9.59 Å². The summed E-state index contributed by atoms with van der Waals surface area (Å²) in [4.78, 5) is 24.6. The van der Waals surface area contributed by atoms with Crippen molar-refractivity contribution < 1.29 is 9.21 Å². The summed E-state index contributed by atoms with van der Waals surface area (Å²) in [6.07, 6.45) is 1.55. The minimum absolute atomic E-state index is 0.219. The molecule has 3 rings (SSSR count). The molecule has 2 heterocycles. The second-order valence-electron chi connectivity index (χ2n) is 5.03. The van der Waals surface area contributed by atoms with Gasteiger partial charge >= 0.3 is 0 Å². The molecule has 112 valence electrons. The van der Waals surface area contributed by atoms with Gasteiger partial charge in [0.1, 0.15) is 5.76 Å². The van der Waals surface area contributed by atoms with Gasteiger partial charge in [-0.1, -0.05) is 18.2 Å². The highest BCUT2D eigenvalue weighted by Gasteiger charge is 2.18. The molecule has 0 unspecified atom stereocenters. The van der Waals surface area contributed by atoms with Crippen LogP contribution in [-0.4, -0.2) is 15.7 Å². The quantitative estimate of drug-likeness (QED) is 0.802. The number of hydrogen-bond acceptors (Lipinski definition) is 4. The number of carbonyl (C=O) groups is 1. The largest absolute Gasteiger partial charge is 0.467 e. The van der Waals surface area contributed by atoms with E-state index >= 15 is 0 Å². The van der Waals surface area contributed by atoms with Crippen LogP contribution in [0.4, 0.5) is 0 Å². The predicted molar refractivity (Wildman–Crippen MR) is 81.6 cm³/mol. The number of nitrogens with zero attached hydrogens (tertiary/aromatic N) is 2. The molecule has 2 aromatic heterocycles. The van der Waals surface area contributed by atoms with Gasteiger partial charge in [-0.2, -0.15) is 5.10 Å². The normalized spacial score (nSPS) is 12.3. The molecule has 6 heteroatoms. The smallest absolute Gasteiger partial charge is 0.274 e. The van der Waals surface area contributed by atoms with Crippen molar-refractivity contribution in [2.75, 3.05) is 0 Å². The van der Waals surface area contributed by atoms with Gasteiger partial charge in [-0.05, 0) is 25.1 Å². The van der Waals surface area contributed by atoms with E-state index in [1.807, 2.05) is 6.92 Å². The molecule has 22 heavy (non-hydrogen) atoms. The maximum Gasteiger partial charge on any atom is 0.274 e. The summed E-state index contributed by atoms with van der Waals surface area (Å²) in [6, 6.07) is 10.2. The summed E-state index contributed by atoms with van der Waals surface area (Å²) in [7, 11) is 1.53. The predicted octanol–water partition coefficient (Wildman–Crippen LogP) is 2.02. The number of amides is 1. The van der Waals surface area contributed by atoms with Gasteiger partial charge in [-0.15, -0.1) is 0 Å². The van der Waals surface area contributed by atoms with Crippen molar-refractivity contribution in [1.82, 2.24) is 15.1 Å². The zero-order valence-electron chi connectivity index (χ0n) is 12.2. The number of furan rings is 1. The van der Waals surface area contributed by atoms with Crippen LogP contribution in [0.3, 0.4) is 0 Å². The van der Waals surface area contributed by atoms with Crippen LogP contribution in [0.25, 0.3) is 10.8 Å². The third kappa shape index (κ3) is 2.39. The number of rotatable bonds is 3. The van der Waals surface area contributed by atoms with E-state index in [4.69, 9.17) is 4.42 Å². The minimum Gasteiger partial charge on any atom is -0.467 e. The van der Waals surface area contributed by atoms with Crippen molar-refractivity contribution >= 4 is 16.7 Å². The monoisotopic (exact) mass is 297 g/mol. The Morgan fingerprint density at radius 3 is 2.64 bits per heavy atom. The number of aryl methyl sites for hydroxylation is 1. The van der Waals surface area contributed by atoms with Crippen LogP contribution in [0.1, 0.15) is 29.2 Å². The van der Waals surface area contributed by atoms with Gasteiger partial charge in [0.05, 0.1) is 17.7 Å². The highest BCUT2D eigenvalue weighted by atomic mass is 16.3. The molecular weight excluding hydrogens is 282 g/mol. The second kappa shape index (κ2) is 5.48. The van der Waals surface area contributed by atoms with Gasteiger partial charge in [0, 0.05) is 12.4 Å². The van der Waals surface area contributed by atoms with Crippen LogP contribution in [0.5, 0.6) is 0 Å². The van der Waals surface area contributed by atoms with Crippen molar-refractivity contribution in [3.63, 3.8) is 0 Å². The fraction of sp³-hybridized carbons (Fsp3) is 0.188. The fourth-order valence-corrected chi connectivity index (χ4v) is 2.34. The highest BCUT2D eigenvalue weighted by molar-refractivity contribution is 6.04. The first-order valence-electron chi connectivity index (χ1n) is 6.88. The zero-order valence-corrected chi connectivity index (χ0v) is 12.2. The average Bonchev–Trinajstić information content (AvgIpc) is 3.05. The average molecular weight is 297 g/mol. The molecule has 0 aliphatic heterocycles. The Balaban J connectivity index is 2.01. The first-order chi connectivity index (χ1) is 10.6. The second-order valence-corrected chi connectivity index (χ2v) is 5.03. The van der Waals surface area contributed by atoms with Gasteiger partial charge in [-0.25, -0.2) is 4.68 Å². The minimum atomic E-state index is -0.351. The molecule has 0 fully saturated rings. The summed E-state index contributed by atoms with van der Waals surface area (Å²) in [5.41, 5.74) is -0.0117. The van der Waals surface area contributed by atoms with Gasteiger partial charge < -0.3 is 9.73 Å². The van der Waals surface area contributed by atoms with Gasteiger partial charge in [0.25, 0.3) is 11.5 Å². The number of nitrogens with one attached hydrogen (secondary N) is 1. The lowest BCUT2D eigenvalue weighted by Gasteiger charge is -2.12. The van der Waals surface area contributed by atoms with Crippen molar-refractivity contribution in [3.05, 3.63) is 64.5 Å². The van der Waals surface area contributed by atoms with E-state index in [-0.39, 0.29) is 23.2 Å². The number of fused-ring (bicyclic) bond motifs is 1. The van der Waals surface area contributed by atoms with Crippen LogP contribution >= 0.6 is 0 Å². The van der Waals surface area contributed by atoms with Crippen LogP contribution < -0.4 is 10.9 Å². The van der Waals surface area contributed by atoms with Crippen LogP contribution in [0.2, 0.25) is 0 Å². The van der Waals surface area contributed by atoms with Crippen molar-refractivity contribution in [3.8, 4) is 0 Å². The van der Waals surface area contributed by atoms with Crippen LogP contribution in [0, 0.1) is 0 Å². The molecular formula is C16H15N3O3. The van der Waals surface area contributed by atoms with Crippen molar-refractivity contribution in [1.29, 1.82) is 0 Å². The van der Waals surface area contributed by atoms with E-state index < -0.39 is 0 Å². The number of hydrogen-bond donors (Lipinski definition) is 1. The third-order valence-electron chi connectivity index (χ3n) is 3.49. The molecule has 1 aromatic carbocycles. The van der Waals surface area contributed by atoms with Crippen molar-refractivity contribution in [2.24, 2.45) is 7.05 Å². The summed E-state index contributed by atoms with van der Waals surface area (Å²) in [6.45, 7) is 1.82. The van der Waals surface area contributed by atoms with E-state index in [2.05, 4.69) is 10.4 Å².